The normalized spacial score (nSPS) is 10.8. The molecule has 3 heteroatoms. The second-order valence-corrected chi connectivity index (χ2v) is 6.20. The molecule has 22 heavy (non-hydrogen) atoms. The first-order valence-corrected chi connectivity index (χ1v) is 9.48. The van der Waals surface area contributed by atoms with Gasteiger partial charge in [-0.3, -0.25) is 4.79 Å². The van der Waals surface area contributed by atoms with E-state index in [0.29, 0.717) is 13.2 Å². The molecule has 0 atom stereocenters. The highest BCUT2D eigenvalue weighted by Crippen LogP contribution is 2.11. The van der Waals surface area contributed by atoms with Crippen LogP contribution < -0.4 is 0 Å². The molecule has 0 aliphatic heterocycles. The average Bonchev–Trinajstić information content (AvgIpc) is 2.50. The van der Waals surface area contributed by atoms with Gasteiger partial charge in [0.25, 0.3) is 0 Å². The topological polar surface area (TPSA) is 35.5 Å². The van der Waals surface area contributed by atoms with Crippen LogP contribution in [-0.2, 0) is 14.3 Å². The second-order valence-electron chi connectivity index (χ2n) is 6.20. The first-order valence-electron chi connectivity index (χ1n) is 9.48. The monoisotopic (exact) mass is 314 g/mol. The number of hydrogen-bond acceptors (Lipinski definition) is 3. The molecule has 0 N–H and O–H groups in total. The Morgan fingerprint density at radius 1 is 0.636 bits per heavy atom. The van der Waals surface area contributed by atoms with Crippen molar-refractivity contribution >= 4 is 5.97 Å². The number of rotatable bonds is 17. The van der Waals surface area contributed by atoms with Crippen LogP contribution in [0.3, 0.4) is 0 Å². The number of ether oxygens (including phenoxy) is 2. The zero-order valence-corrected chi connectivity index (χ0v) is 15.0. The Balaban J connectivity index is 2.95. The minimum absolute atomic E-state index is 0.207. The third-order valence-corrected chi connectivity index (χ3v) is 3.88. The molecule has 0 heterocycles. The number of esters is 1. The molecule has 0 aromatic heterocycles. The standard InChI is InChI=1S/C19H38O3/c1-3-4-5-6-7-8-9-10-11-12-13-14-16-21-17-15-18-22-19(2)20/h3-18H2,1-2H3. The summed E-state index contributed by atoms with van der Waals surface area (Å²) < 4.78 is 10.4. The van der Waals surface area contributed by atoms with Crippen LogP contribution in [0.25, 0.3) is 0 Å². The predicted molar refractivity (Wildman–Crippen MR) is 93.1 cm³/mol. The second kappa shape index (κ2) is 18.5. The summed E-state index contributed by atoms with van der Waals surface area (Å²) in [4.78, 5) is 10.5. The van der Waals surface area contributed by atoms with Gasteiger partial charge in [-0.1, -0.05) is 77.6 Å². The van der Waals surface area contributed by atoms with Gasteiger partial charge in [0.05, 0.1) is 6.61 Å². The quantitative estimate of drug-likeness (QED) is 0.257. The molecule has 0 amide bonds. The van der Waals surface area contributed by atoms with Crippen LogP contribution in [0.5, 0.6) is 0 Å². The molecule has 0 saturated carbocycles. The third kappa shape index (κ3) is 19.4. The third-order valence-electron chi connectivity index (χ3n) is 3.88. The molecule has 3 nitrogen and oxygen atoms in total. The van der Waals surface area contributed by atoms with Crippen molar-refractivity contribution in [2.75, 3.05) is 19.8 Å². The Morgan fingerprint density at radius 2 is 1.09 bits per heavy atom. The molecule has 0 unspecified atom stereocenters. The summed E-state index contributed by atoms with van der Waals surface area (Å²) in [5.74, 6) is -0.207. The Hall–Kier alpha value is -0.570. The van der Waals surface area contributed by atoms with Crippen LogP contribution in [0.15, 0.2) is 0 Å². The Bertz CT molecular complexity index is 229. The van der Waals surface area contributed by atoms with Gasteiger partial charge in [0.15, 0.2) is 0 Å². The molecule has 0 bridgehead atoms. The largest absolute Gasteiger partial charge is 0.466 e. The van der Waals surface area contributed by atoms with E-state index >= 15 is 0 Å². The molecular weight excluding hydrogens is 276 g/mol. The SMILES string of the molecule is CCCCCCCCCCCCCCOCCCOC(C)=O. The van der Waals surface area contributed by atoms with E-state index in [4.69, 9.17) is 9.47 Å². The van der Waals surface area contributed by atoms with Crippen molar-refractivity contribution in [2.24, 2.45) is 0 Å². The highest BCUT2D eigenvalue weighted by atomic mass is 16.5. The van der Waals surface area contributed by atoms with Crippen molar-refractivity contribution in [2.45, 2.75) is 97.3 Å². The summed E-state index contributed by atoms with van der Waals surface area (Å²) >= 11 is 0. The summed E-state index contributed by atoms with van der Waals surface area (Å²) in [6, 6.07) is 0. The van der Waals surface area contributed by atoms with Crippen LogP contribution in [0.1, 0.15) is 97.3 Å². The van der Waals surface area contributed by atoms with Crippen molar-refractivity contribution in [3.63, 3.8) is 0 Å². The predicted octanol–water partition coefficient (Wildman–Crippen LogP) is 5.66. The number of unbranched alkanes of at least 4 members (excludes halogenated alkanes) is 11. The number of carbonyl (C=O) groups is 1. The maximum absolute atomic E-state index is 10.5. The molecule has 0 aromatic carbocycles. The maximum Gasteiger partial charge on any atom is 0.302 e. The van der Waals surface area contributed by atoms with Crippen molar-refractivity contribution in [1.82, 2.24) is 0 Å². The first kappa shape index (κ1) is 21.4. The van der Waals surface area contributed by atoms with Crippen LogP contribution in [0, 0.1) is 0 Å². The van der Waals surface area contributed by atoms with E-state index in [-0.39, 0.29) is 5.97 Å². The van der Waals surface area contributed by atoms with E-state index < -0.39 is 0 Å². The summed E-state index contributed by atoms with van der Waals surface area (Å²) in [6.07, 6.45) is 17.2. The molecule has 0 aliphatic rings. The lowest BCUT2D eigenvalue weighted by atomic mass is 10.1. The van der Waals surface area contributed by atoms with Crippen molar-refractivity contribution < 1.29 is 14.3 Å². The van der Waals surface area contributed by atoms with Crippen LogP contribution in [0.4, 0.5) is 0 Å². The minimum atomic E-state index is -0.207. The zero-order chi connectivity index (χ0) is 16.3. The summed E-state index contributed by atoms with van der Waals surface area (Å²) in [5, 5.41) is 0. The van der Waals surface area contributed by atoms with E-state index in [1.54, 1.807) is 0 Å². The van der Waals surface area contributed by atoms with Gasteiger partial charge in [-0.05, 0) is 6.42 Å². The average molecular weight is 315 g/mol. The first-order chi connectivity index (χ1) is 10.8. The molecule has 0 aromatic rings. The number of carbonyl (C=O) groups excluding carboxylic acids is 1. The van der Waals surface area contributed by atoms with E-state index in [9.17, 15) is 4.79 Å². The van der Waals surface area contributed by atoms with Crippen molar-refractivity contribution in [3.05, 3.63) is 0 Å². The molecule has 0 fully saturated rings. The van der Waals surface area contributed by atoms with Gasteiger partial charge in [0.2, 0.25) is 0 Å². The highest BCUT2D eigenvalue weighted by Gasteiger charge is 1.95. The van der Waals surface area contributed by atoms with Gasteiger partial charge in [0.1, 0.15) is 0 Å². The van der Waals surface area contributed by atoms with Crippen LogP contribution >= 0.6 is 0 Å². The van der Waals surface area contributed by atoms with Gasteiger partial charge in [-0.2, -0.15) is 0 Å². The van der Waals surface area contributed by atoms with Gasteiger partial charge in [-0.25, -0.2) is 0 Å². The van der Waals surface area contributed by atoms with Crippen molar-refractivity contribution in [3.8, 4) is 0 Å². The molecule has 132 valence electrons. The molecule has 0 spiro atoms. The van der Waals surface area contributed by atoms with E-state index in [1.807, 2.05) is 0 Å². The fraction of sp³-hybridized carbons (Fsp3) is 0.947. The highest BCUT2D eigenvalue weighted by molar-refractivity contribution is 5.65. The van der Waals surface area contributed by atoms with Gasteiger partial charge in [0, 0.05) is 26.6 Å². The van der Waals surface area contributed by atoms with Gasteiger partial charge >= 0.3 is 5.97 Å². The Kier molecular flexibility index (Phi) is 18.0. The van der Waals surface area contributed by atoms with E-state index in [0.717, 1.165) is 19.4 Å². The Morgan fingerprint density at radius 3 is 1.59 bits per heavy atom. The zero-order valence-electron chi connectivity index (χ0n) is 15.0. The van der Waals surface area contributed by atoms with E-state index in [1.165, 1.54) is 77.6 Å². The lowest BCUT2D eigenvalue weighted by Crippen LogP contribution is -2.05. The minimum Gasteiger partial charge on any atom is -0.466 e. The van der Waals surface area contributed by atoms with Crippen molar-refractivity contribution in [1.29, 1.82) is 0 Å². The summed E-state index contributed by atoms with van der Waals surface area (Å²) in [7, 11) is 0. The molecular formula is C19H38O3. The summed E-state index contributed by atoms with van der Waals surface area (Å²) in [6.45, 7) is 5.73. The molecule has 0 rings (SSSR count). The lowest BCUT2D eigenvalue weighted by molar-refractivity contribution is -0.141. The van der Waals surface area contributed by atoms with Crippen LogP contribution in [0.2, 0.25) is 0 Å². The smallest absolute Gasteiger partial charge is 0.302 e. The molecule has 0 aliphatic carbocycles. The fourth-order valence-corrected chi connectivity index (χ4v) is 2.52. The van der Waals surface area contributed by atoms with Gasteiger partial charge in [-0.15, -0.1) is 0 Å². The van der Waals surface area contributed by atoms with E-state index in [2.05, 4.69) is 6.92 Å². The lowest BCUT2D eigenvalue weighted by Gasteiger charge is -2.05. The molecule has 0 radical (unpaired) electrons. The van der Waals surface area contributed by atoms with Gasteiger partial charge < -0.3 is 9.47 Å². The van der Waals surface area contributed by atoms with Crippen LogP contribution in [-0.4, -0.2) is 25.8 Å². The molecule has 0 saturated heterocycles. The fourth-order valence-electron chi connectivity index (χ4n) is 2.52. The number of hydrogen-bond donors (Lipinski definition) is 0. The Labute approximate surface area is 138 Å². The maximum atomic E-state index is 10.5. The summed E-state index contributed by atoms with van der Waals surface area (Å²) in [5.41, 5.74) is 0.